The highest BCUT2D eigenvalue weighted by Crippen LogP contribution is 2.26. The number of nitrogens with zero attached hydrogens (tertiary/aromatic N) is 2. The maximum atomic E-state index is 13.5. The molecule has 0 radical (unpaired) electrons. The molecule has 0 spiro atoms. The van der Waals surface area contributed by atoms with Gasteiger partial charge in [-0.3, -0.25) is 9.59 Å². The van der Waals surface area contributed by atoms with E-state index in [-0.39, 0.29) is 29.0 Å². The fraction of sp³-hybridized carbons (Fsp3) is 0.231. The molecule has 10 heteroatoms. The zero-order valence-corrected chi connectivity index (χ0v) is 20.4. The van der Waals surface area contributed by atoms with E-state index in [0.29, 0.717) is 24.5 Å². The smallest absolute Gasteiger partial charge is 0.295 e. The number of rotatable bonds is 8. The molecule has 3 aromatic rings. The van der Waals surface area contributed by atoms with Crippen molar-refractivity contribution in [2.24, 2.45) is 5.73 Å². The first-order valence-electron chi connectivity index (χ1n) is 11.6. The quantitative estimate of drug-likeness (QED) is 0.451. The van der Waals surface area contributed by atoms with E-state index >= 15 is 0 Å². The standard InChI is InChI=1S/C26H28N4O5S/c27-21-15-17-29(18-16-21)25(31)19-28-26(32)20-11-13-24(14-12-20)36(33,34)30(22-7-3-1-4-8-22)35-23-9-5-2-6-10-23/h1-14,21H,15-19,27H2,(H,28,32). The van der Waals surface area contributed by atoms with Gasteiger partial charge in [-0.1, -0.05) is 40.9 Å². The van der Waals surface area contributed by atoms with Gasteiger partial charge in [-0.25, -0.2) is 0 Å². The monoisotopic (exact) mass is 508 g/mol. The van der Waals surface area contributed by atoms with Crippen LogP contribution in [0.25, 0.3) is 0 Å². The molecule has 1 heterocycles. The van der Waals surface area contributed by atoms with Crippen LogP contribution in [0.1, 0.15) is 23.2 Å². The third kappa shape index (κ3) is 6.02. The Kier molecular flexibility index (Phi) is 7.87. The summed E-state index contributed by atoms with van der Waals surface area (Å²) in [5, 5.41) is 2.60. The molecule has 3 N–H and O–H groups in total. The van der Waals surface area contributed by atoms with Gasteiger partial charge in [0.05, 0.1) is 17.1 Å². The number of hydrogen-bond donors (Lipinski definition) is 2. The van der Waals surface area contributed by atoms with Crippen molar-refractivity contribution in [2.75, 3.05) is 24.1 Å². The number of benzene rings is 3. The highest BCUT2D eigenvalue weighted by molar-refractivity contribution is 7.92. The molecule has 1 fully saturated rings. The average molecular weight is 509 g/mol. The van der Waals surface area contributed by atoms with Gasteiger partial charge in [0.2, 0.25) is 5.91 Å². The molecule has 0 unspecified atom stereocenters. The predicted molar refractivity (Wildman–Crippen MR) is 136 cm³/mol. The van der Waals surface area contributed by atoms with Crippen LogP contribution in [0.5, 0.6) is 5.75 Å². The van der Waals surface area contributed by atoms with E-state index in [1.165, 1.54) is 24.3 Å². The molecule has 0 aliphatic carbocycles. The Labute approximate surface area is 210 Å². The van der Waals surface area contributed by atoms with E-state index < -0.39 is 15.9 Å². The molecule has 1 aliphatic heterocycles. The van der Waals surface area contributed by atoms with Crippen molar-refractivity contribution in [3.05, 3.63) is 90.5 Å². The number of piperidine rings is 1. The molecule has 9 nitrogen and oxygen atoms in total. The van der Waals surface area contributed by atoms with Crippen molar-refractivity contribution in [3.63, 3.8) is 0 Å². The van der Waals surface area contributed by atoms with Crippen molar-refractivity contribution in [3.8, 4) is 5.75 Å². The topological polar surface area (TPSA) is 122 Å². The highest BCUT2D eigenvalue weighted by Gasteiger charge is 2.28. The Morgan fingerprint density at radius 2 is 1.50 bits per heavy atom. The number of carbonyl (C=O) groups excluding carboxylic acids is 2. The van der Waals surface area contributed by atoms with Gasteiger partial charge in [-0.2, -0.15) is 8.42 Å². The first-order valence-corrected chi connectivity index (χ1v) is 13.0. The predicted octanol–water partition coefficient (Wildman–Crippen LogP) is 2.56. The van der Waals surface area contributed by atoms with Gasteiger partial charge < -0.3 is 20.8 Å². The number of likely N-dealkylation sites (tertiary alicyclic amines) is 1. The SMILES string of the molecule is NC1CCN(C(=O)CNC(=O)c2ccc(S(=O)(=O)N(Oc3ccccc3)c3ccccc3)cc2)CC1. The van der Waals surface area contributed by atoms with Crippen molar-refractivity contribution in [2.45, 2.75) is 23.8 Å². The number of anilines is 1. The van der Waals surface area contributed by atoms with Crippen LogP contribution in [0.3, 0.4) is 0 Å². The van der Waals surface area contributed by atoms with Crippen LogP contribution in [-0.4, -0.2) is 50.8 Å². The van der Waals surface area contributed by atoms with Crippen molar-refractivity contribution in [1.82, 2.24) is 10.2 Å². The van der Waals surface area contributed by atoms with E-state index in [1.54, 1.807) is 65.6 Å². The van der Waals surface area contributed by atoms with Crippen LogP contribution in [0.15, 0.2) is 89.8 Å². The fourth-order valence-electron chi connectivity index (χ4n) is 3.76. The molecule has 0 bridgehead atoms. The maximum Gasteiger partial charge on any atom is 0.295 e. The van der Waals surface area contributed by atoms with Crippen molar-refractivity contribution in [1.29, 1.82) is 0 Å². The molecule has 3 aromatic carbocycles. The van der Waals surface area contributed by atoms with Crippen LogP contribution in [0.2, 0.25) is 0 Å². The summed E-state index contributed by atoms with van der Waals surface area (Å²) in [5.74, 6) is -0.297. The van der Waals surface area contributed by atoms with Crippen molar-refractivity contribution >= 4 is 27.5 Å². The number of nitrogens with two attached hydrogens (primary N) is 1. The van der Waals surface area contributed by atoms with Gasteiger partial charge in [0.1, 0.15) is 0 Å². The van der Waals surface area contributed by atoms with Gasteiger partial charge in [0.25, 0.3) is 15.9 Å². The van der Waals surface area contributed by atoms with Crippen molar-refractivity contribution < 1.29 is 22.8 Å². The second-order valence-electron chi connectivity index (χ2n) is 8.40. The molecule has 2 amide bonds. The van der Waals surface area contributed by atoms with Gasteiger partial charge in [-0.15, -0.1) is 0 Å². The van der Waals surface area contributed by atoms with E-state index in [0.717, 1.165) is 17.3 Å². The number of amides is 2. The number of nitrogens with one attached hydrogen (secondary N) is 1. The van der Waals surface area contributed by atoms with Gasteiger partial charge in [-0.05, 0) is 61.4 Å². The highest BCUT2D eigenvalue weighted by atomic mass is 32.2. The average Bonchev–Trinajstić information content (AvgIpc) is 2.91. The Hall–Kier alpha value is -3.89. The summed E-state index contributed by atoms with van der Waals surface area (Å²) in [4.78, 5) is 32.3. The molecule has 0 atom stereocenters. The summed E-state index contributed by atoms with van der Waals surface area (Å²) in [5.41, 5.74) is 6.42. The first-order chi connectivity index (χ1) is 17.3. The fourth-order valence-corrected chi connectivity index (χ4v) is 5.01. The zero-order chi connectivity index (χ0) is 25.5. The van der Waals surface area contributed by atoms with Crippen LogP contribution in [0.4, 0.5) is 5.69 Å². The number of carbonyl (C=O) groups is 2. The largest absolute Gasteiger partial charge is 0.364 e. The second kappa shape index (κ2) is 11.2. The second-order valence-corrected chi connectivity index (χ2v) is 10.2. The van der Waals surface area contributed by atoms with E-state index in [4.69, 9.17) is 10.6 Å². The normalized spacial score (nSPS) is 14.2. The third-order valence-electron chi connectivity index (χ3n) is 5.82. The first kappa shape index (κ1) is 25.2. The van der Waals surface area contributed by atoms with Gasteiger partial charge in [0.15, 0.2) is 5.75 Å². The van der Waals surface area contributed by atoms with Crippen LogP contribution in [-0.2, 0) is 14.8 Å². The molecule has 0 saturated carbocycles. The molecule has 1 saturated heterocycles. The Bertz CT molecular complexity index is 1280. The summed E-state index contributed by atoms with van der Waals surface area (Å²) in [6.45, 7) is 1.01. The minimum Gasteiger partial charge on any atom is -0.364 e. The summed E-state index contributed by atoms with van der Waals surface area (Å²) in [6.07, 6.45) is 1.48. The zero-order valence-electron chi connectivity index (χ0n) is 19.6. The summed E-state index contributed by atoms with van der Waals surface area (Å²) >= 11 is 0. The molecule has 0 aromatic heterocycles. The molecule has 1 aliphatic rings. The summed E-state index contributed by atoms with van der Waals surface area (Å²) in [7, 11) is -4.13. The molecular weight excluding hydrogens is 480 g/mol. The lowest BCUT2D eigenvalue weighted by molar-refractivity contribution is -0.131. The Morgan fingerprint density at radius 1 is 0.917 bits per heavy atom. The van der Waals surface area contributed by atoms with E-state index in [2.05, 4.69) is 5.32 Å². The van der Waals surface area contributed by atoms with Crippen LogP contribution in [0, 0.1) is 0 Å². The van der Waals surface area contributed by atoms with Gasteiger partial charge in [0, 0.05) is 24.7 Å². The molecule has 36 heavy (non-hydrogen) atoms. The lowest BCUT2D eigenvalue weighted by Crippen LogP contribution is -2.46. The number of para-hydroxylation sites is 2. The van der Waals surface area contributed by atoms with Crippen LogP contribution >= 0.6 is 0 Å². The molecule has 188 valence electrons. The number of sulfonamides is 1. The lowest BCUT2D eigenvalue weighted by Gasteiger charge is -2.30. The summed E-state index contributed by atoms with van der Waals surface area (Å²) in [6, 6.07) is 22.6. The molecular formula is C26H28N4O5S. The third-order valence-corrected chi connectivity index (χ3v) is 7.41. The minimum absolute atomic E-state index is 0.0560. The summed E-state index contributed by atoms with van der Waals surface area (Å²) < 4.78 is 27.8. The molecule has 4 rings (SSSR count). The number of hydrogen-bond acceptors (Lipinski definition) is 6. The lowest BCUT2D eigenvalue weighted by atomic mass is 10.1. The van der Waals surface area contributed by atoms with E-state index in [9.17, 15) is 18.0 Å². The van der Waals surface area contributed by atoms with Crippen LogP contribution < -0.4 is 20.4 Å². The Balaban J connectivity index is 1.46. The Morgan fingerprint density at radius 3 is 2.11 bits per heavy atom. The minimum atomic E-state index is -4.13. The van der Waals surface area contributed by atoms with Gasteiger partial charge >= 0.3 is 0 Å². The maximum absolute atomic E-state index is 13.5. The van der Waals surface area contributed by atoms with E-state index in [1.807, 2.05) is 0 Å².